The van der Waals surface area contributed by atoms with Crippen molar-refractivity contribution in [1.82, 2.24) is 98.3 Å². The number of ether oxygens (including phenoxy) is 3. The number of H-pyrrole nitrogens is 2. The number of likely N-dealkylation sites (N-methyl/N-ethyl adjacent to an activating group) is 1. The minimum atomic E-state index is -2.03. The molecule has 21 N–H and O–H groups in total. The summed E-state index contributed by atoms with van der Waals surface area (Å²) in [6.07, 6.45) is -2.14. The Morgan fingerprint density at radius 1 is 0.517 bits per heavy atom. The number of Topliss-reactive ketones (excluding diaryl/α,β-unsaturated/α-hetero) is 2. The molecule has 8 rings (SSSR count). The van der Waals surface area contributed by atoms with E-state index in [1.54, 1.807) is 101 Å². The molecule has 4 fully saturated rings. The fourth-order valence-electron chi connectivity index (χ4n) is 16.7. The highest BCUT2D eigenvalue weighted by Crippen LogP contribution is 2.27. The number of nitrogens with two attached hydrogens (primary N) is 2. The maximum Gasteiger partial charge on any atom is 0.305 e. The molecule has 50 heteroatoms. The first-order valence-electron chi connectivity index (χ1n) is 49.4. The Hall–Kier alpha value is -11.9. The van der Waals surface area contributed by atoms with Gasteiger partial charge in [-0.25, -0.2) is 0 Å². The van der Waals surface area contributed by atoms with E-state index in [-0.39, 0.29) is 172 Å². The Balaban J connectivity index is 1.19. The molecular weight excluding hydrogens is 1970 g/mol. The van der Waals surface area contributed by atoms with Crippen LogP contribution in [0.5, 0.6) is 0 Å². The lowest BCUT2D eigenvalue weighted by molar-refractivity contribution is -0.143. The summed E-state index contributed by atoms with van der Waals surface area (Å²) < 4.78 is 18.4. The highest BCUT2D eigenvalue weighted by atomic mass is 32.2. The predicted molar refractivity (Wildman–Crippen MR) is 546 cm³/mol. The number of aromatic nitrogens is 2. The molecular formula is C97H145N21O26S3. The summed E-state index contributed by atoms with van der Waals surface area (Å²) in [6.45, 7) is 13.3. The number of aromatic amines is 2. The van der Waals surface area contributed by atoms with Crippen molar-refractivity contribution in [3.05, 3.63) is 72.1 Å². The van der Waals surface area contributed by atoms with E-state index in [2.05, 4.69) is 73.8 Å². The first kappa shape index (κ1) is 120. The van der Waals surface area contributed by atoms with Gasteiger partial charge in [0.25, 0.3) is 0 Å². The summed E-state index contributed by atoms with van der Waals surface area (Å²) in [7, 11) is 1.58. The number of thioether (sulfide) groups is 3. The SMILES string of the molecule is CC(C)[C@@H]1NC(=O)[C@H](Cc2c[nH]c3ccccc23)NC(=O)[C@@H]2CSCCC(=O)N3CCOCCN(CCOCCN(CCOCC3)C(=O)CCSC[C@H](NC(=O)[C@H](C)NC(C)(C)C(=O)CN(C)C(C)(C)C(=O)CCN)C(=O)N[C@@H]([C@@H](C)O)C(=O)N[C@@H](CCC(=O)O)C(=O)N2)C(=O)CCSC[C@@H](C(N)=O)NC(=O)[C@@H]2CCCN2C(=O)[C@H](C(C)C)NC(=O)[C@H](Cc2c[nH]c3ccccc23)NC(=O)CNC(=O)[C@H](CC(=O)O)NC1=O. The summed E-state index contributed by atoms with van der Waals surface area (Å²) >= 11 is 3.05. The van der Waals surface area contributed by atoms with E-state index < -0.39 is 252 Å². The van der Waals surface area contributed by atoms with Crippen molar-refractivity contribution in [1.29, 1.82) is 0 Å². The van der Waals surface area contributed by atoms with E-state index in [0.717, 1.165) is 42.2 Å². The number of carbonyl (C=O) groups excluding carboxylic acids is 18. The summed E-state index contributed by atoms with van der Waals surface area (Å²) in [4.78, 5) is 301. The van der Waals surface area contributed by atoms with Crippen LogP contribution in [0.1, 0.15) is 138 Å². The Labute approximate surface area is 865 Å². The van der Waals surface area contributed by atoms with Gasteiger partial charge in [-0.2, -0.15) is 35.3 Å². The molecule has 4 aliphatic rings. The van der Waals surface area contributed by atoms with Crippen LogP contribution in [-0.2, 0) is 123 Å². The molecule has 16 amide bonds. The van der Waals surface area contributed by atoms with Gasteiger partial charge in [0.05, 0.1) is 82.4 Å². The summed E-state index contributed by atoms with van der Waals surface area (Å²) in [5, 5.41) is 64.4. The molecule has 2 aromatic heterocycles. The number of primary amides is 1. The number of aliphatic hydroxyl groups excluding tert-OH is 1. The van der Waals surface area contributed by atoms with Crippen molar-refractivity contribution in [2.24, 2.45) is 23.3 Å². The highest BCUT2D eigenvalue weighted by molar-refractivity contribution is 7.99. The lowest BCUT2D eigenvalue weighted by Crippen LogP contribution is -2.63. The average molecular weight is 2120 g/mol. The molecule has 0 aliphatic carbocycles. The van der Waals surface area contributed by atoms with E-state index in [9.17, 15) is 92.0 Å². The van der Waals surface area contributed by atoms with Crippen LogP contribution in [0.4, 0.5) is 0 Å². The third-order valence-electron chi connectivity index (χ3n) is 25.9. The Kier molecular flexibility index (Phi) is 48.1. The molecule has 812 valence electrons. The quantitative estimate of drug-likeness (QED) is 0.0329. The van der Waals surface area contributed by atoms with Crippen LogP contribution in [0.3, 0.4) is 0 Å². The van der Waals surface area contributed by atoms with Gasteiger partial charge in [0.15, 0.2) is 11.6 Å². The van der Waals surface area contributed by atoms with Crippen LogP contribution in [0, 0.1) is 11.8 Å². The van der Waals surface area contributed by atoms with Crippen LogP contribution in [-0.4, -0.2) is 404 Å². The number of carboxylic acids is 2. The zero-order valence-corrected chi connectivity index (χ0v) is 87.6. The molecule has 0 radical (unpaired) electrons. The first-order chi connectivity index (χ1) is 69.7. The number of benzene rings is 2. The topological polar surface area (TPSA) is 674 Å². The van der Waals surface area contributed by atoms with Crippen molar-refractivity contribution in [3.63, 3.8) is 0 Å². The Morgan fingerprint density at radius 3 is 1.48 bits per heavy atom. The number of aliphatic hydroxyl groups is 1. The molecule has 4 aromatic rings. The second-order valence-corrected chi connectivity index (χ2v) is 41.8. The van der Waals surface area contributed by atoms with Crippen molar-refractivity contribution >= 4 is 175 Å². The van der Waals surface area contributed by atoms with Crippen molar-refractivity contribution < 1.29 is 125 Å². The van der Waals surface area contributed by atoms with Gasteiger partial charge in [0.2, 0.25) is 94.5 Å². The highest BCUT2D eigenvalue weighted by Gasteiger charge is 2.45. The van der Waals surface area contributed by atoms with Crippen molar-refractivity contribution in [2.75, 3.05) is 147 Å². The van der Waals surface area contributed by atoms with Gasteiger partial charge in [-0.15, -0.1) is 0 Å². The molecule has 0 unspecified atom stereocenters. The number of hydrogen-bond donors (Lipinski definition) is 19. The predicted octanol–water partition coefficient (Wildman–Crippen LogP) is -3.19. The minimum absolute atomic E-state index is 0.00592. The normalized spacial score (nSPS) is 24.1. The second kappa shape index (κ2) is 58.7. The lowest BCUT2D eigenvalue weighted by atomic mass is 9.92. The van der Waals surface area contributed by atoms with Crippen LogP contribution in [0.25, 0.3) is 21.8 Å². The number of rotatable bonds is 24. The number of carbonyl (C=O) groups is 20. The molecule has 0 spiro atoms. The maximum absolute atomic E-state index is 15.6. The number of aliphatic carboxylic acids is 2. The van der Waals surface area contributed by atoms with Crippen LogP contribution in [0.15, 0.2) is 60.9 Å². The fraction of sp³-hybridized carbons (Fsp3) is 0.629. The van der Waals surface area contributed by atoms with Gasteiger partial charge >= 0.3 is 11.9 Å². The number of carboxylic acid groups (broad SMARTS) is 2. The minimum Gasteiger partial charge on any atom is -0.481 e. The van der Waals surface area contributed by atoms with Gasteiger partial charge in [-0.05, 0) is 109 Å². The average Bonchev–Trinajstić information content (AvgIpc) is 1.72. The van der Waals surface area contributed by atoms with E-state index >= 15 is 19.2 Å². The largest absolute Gasteiger partial charge is 0.481 e. The molecule has 6 heterocycles. The Morgan fingerprint density at radius 2 is 0.986 bits per heavy atom. The van der Waals surface area contributed by atoms with Crippen molar-refractivity contribution in [3.8, 4) is 0 Å². The zero-order chi connectivity index (χ0) is 108. The number of hydrogen-bond acceptors (Lipinski definition) is 30. The molecule has 47 nitrogen and oxygen atoms in total. The summed E-state index contributed by atoms with van der Waals surface area (Å²) in [5.74, 6) is -21.1. The molecule has 147 heavy (non-hydrogen) atoms. The lowest BCUT2D eigenvalue weighted by Gasteiger charge is -2.36. The molecule has 2 aromatic carbocycles. The Bertz CT molecular complexity index is 5270. The van der Waals surface area contributed by atoms with Crippen LogP contribution in [0.2, 0.25) is 0 Å². The number of para-hydroxylation sites is 2. The van der Waals surface area contributed by atoms with Gasteiger partial charge in [-0.3, -0.25) is 106 Å². The molecule has 4 bridgehead atoms. The van der Waals surface area contributed by atoms with Gasteiger partial charge in [-0.1, -0.05) is 64.1 Å². The van der Waals surface area contributed by atoms with Crippen molar-refractivity contribution in [2.45, 2.75) is 230 Å². The molecule has 4 aliphatic heterocycles. The van der Waals surface area contributed by atoms with E-state index in [1.807, 2.05) is 0 Å². The van der Waals surface area contributed by atoms with Gasteiger partial charge in [0.1, 0.15) is 66.5 Å². The molecule has 13 atom stereocenters. The summed E-state index contributed by atoms with van der Waals surface area (Å²) in [6, 6.07) is -5.69. The standard InChI is InChI=1S/C97H145N21O26S3/c1-55(2)81-93(139)106-68(47-80(128)129)86(132)102-50-75(122)103-66(45-59-48-100-63-19-14-12-17-61(59)63)88(134)111-82(56(3)4)95(141)118-29-16-21-72(118)92(138)107-69(84(99)130)52-145-42-25-76(123)115-30-36-142-38-32-116-33-39-144-41-35-117(34-40-143-37-31-115)78(125)27-44-147-54-71(108-85(131)57(5)113-96(7,8)74(121)51-114(11)97(9,10)73(120)24-28-98)91(137)112-83(58(6)119)94(140)104-65(22-23-79(126)127)87(133)109-70(53-146-43-26-77(116)124)90(136)105-67(89(135)110-81)46-60-49-101-64-20-15-13-18-62(60)64/h12-15,17-20,48-49,55-58,65-72,81-83,100-101,113,119H,16,21-47,50-54,98H2,1-11H3,(H2,99,130)(H,102,132)(H,103,122)(H,104,140)(H,105,136)(H,106,139)(H,107,138)(H,108,131)(H,109,133)(H,110,135)(H,111,134)(H,112,137)(H,126,127)(H,128,129)/t57-,58+,65-,66-,67-,68-,69-,70-,71-,72-,81-,82-,83-/m0/s1. The monoisotopic (exact) mass is 2120 g/mol. The third-order valence-corrected chi connectivity index (χ3v) is 29.1. The number of amides is 16. The fourth-order valence-corrected chi connectivity index (χ4v) is 19.6. The first-order valence-corrected chi connectivity index (χ1v) is 52.8. The maximum atomic E-state index is 15.6. The number of ketones is 2. The van der Waals surface area contributed by atoms with Crippen LogP contribution < -0.4 is 75.3 Å². The number of nitrogens with zero attached hydrogens (tertiary/aromatic N) is 5. The number of nitrogens with one attached hydrogen (secondary N) is 14. The van der Waals surface area contributed by atoms with Gasteiger partial charge < -0.3 is 129 Å². The van der Waals surface area contributed by atoms with E-state index in [4.69, 9.17) is 25.7 Å². The molecule has 4 saturated heterocycles. The third kappa shape index (κ3) is 37.1. The van der Waals surface area contributed by atoms with E-state index in [0.29, 0.717) is 39.4 Å². The second-order valence-electron chi connectivity index (χ2n) is 38.4. The van der Waals surface area contributed by atoms with Gasteiger partial charge in [0, 0.05) is 159 Å². The number of fused-ring (bicyclic) bond motifs is 18. The zero-order valence-electron chi connectivity index (χ0n) is 85.1. The smallest absolute Gasteiger partial charge is 0.305 e. The van der Waals surface area contributed by atoms with Crippen LogP contribution >= 0.6 is 35.3 Å². The molecule has 0 saturated carbocycles. The van der Waals surface area contributed by atoms with E-state index in [1.165, 1.54) is 54.2 Å². The summed E-state index contributed by atoms with van der Waals surface area (Å²) in [5.41, 5.74) is 11.2.